The summed E-state index contributed by atoms with van der Waals surface area (Å²) in [4.78, 5) is 28.2. The average Bonchev–Trinajstić information content (AvgIpc) is 3.39. The Kier molecular flexibility index (Phi) is 9.15. The minimum absolute atomic E-state index is 0.0297. The molecule has 0 radical (unpaired) electrons. The summed E-state index contributed by atoms with van der Waals surface area (Å²) in [6.45, 7) is 5.58. The van der Waals surface area contributed by atoms with Gasteiger partial charge in [-0.3, -0.25) is 9.59 Å². The summed E-state index contributed by atoms with van der Waals surface area (Å²) >= 11 is 1.64. The third-order valence-corrected chi connectivity index (χ3v) is 7.35. The number of nitrogens with zero attached hydrogens (tertiary/aromatic N) is 1. The molecule has 1 amide bonds. The summed E-state index contributed by atoms with van der Waals surface area (Å²) in [5.41, 5.74) is 2.54. The summed E-state index contributed by atoms with van der Waals surface area (Å²) in [5, 5.41) is 11.2. The first kappa shape index (κ1) is 27.4. The number of ether oxygens (including phenoxy) is 2. The molecule has 1 atom stereocenters. The van der Waals surface area contributed by atoms with Crippen molar-refractivity contribution in [2.45, 2.75) is 39.3 Å². The van der Waals surface area contributed by atoms with Gasteiger partial charge in [0.15, 0.2) is 0 Å². The van der Waals surface area contributed by atoms with Crippen LogP contribution in [0.4, 0.5) is 0 Å². The highest BCUT2D eigenvalue weighted by atomic mass is 32.1. The van der Waals surface area contributed by atoms with Gasteiger partial charge in [-0.05, 0) is 71.6 Å². The maximum Gasteiger partial charge on any atom is 0.306 e. The molecule has 0 saturated heterocycles. The first-order valence-corrected chi connectivity index (χ1v) is 13.6. The zero-order valence-corrected chi connectivity index (χ0v) is 22.8. The van der Waals surface area contributed by atoms with E-state index in [0.717, 1.165) is 43.8 Å². The van der Waals surface area contributed by atoms with E-state index in [1.807, 2.05) is 80.7 Å². The third kappa shape index (κ3) is 6.79. The first-order chi connectivity index (χ1) is 18.4. The first-order valence-electron chi connectivity index (χ1n) is 12.8. The summed E-state index contributed by atoms with van der Waals surface area (Å²) < 4.78 is 11.3. The molecular weight excluding hydrogens is 498 g/mol. The minimum atomic E-state index is -0.885. The van der Waals surface area contributed by atoms with Crippen molar-refractivity contribution in [2.75, 3.05) is 20.3 Å². The Morgan fingerprint density at radius 3 is 2.39 bits per heavy atom. The molecule has 0 aliphatic carbocycles. The number of carboxylic acid groups (broad SMARTS) is 1. The molecule has 0 unspecified atom stereocenters. The van der Waals surface area contributed by atoms with E-state index < -0.39 is 12.1 Å². The molecule has 0 fully saturated rings. The van der Waals surface area contributed by atoms with Crippen LogP contribution in [0.3, 0.4) is 0 Å². The highest BCUT2D eigenvalue weighted by Gasteiger charge is 2.17. The molecule has 1 heterocycles. The van der Waals surface area contributed by atoms with E-state index in [2.05, 4.69) is 13.0 Å². The number of thiophene rings is 1. The van der Waals surface area contributed by atoms with Crippen LogP contribution in [-0.4, -0.2) is 42.1 Å². The van der Waals surface area contributed by atoms with Crippen molar-refractivity contribution >= 4 is 34.0 Å². The SMILES string of the molecule is CCCOc1ccc2cc(C(=O)N(C)Cc3ccc(-c4ccc([C@H](CC(=O)O)OCC)cc4)s3)ccc2c1. The molecule has 1 N–H and O–H groups in total. The third-order valence-electron chi connectivity index (χ3n) is 6.23. The van der Waals surface area contributed by atoms with Gasteiger partial charge in [-0.25, -0.2) is 0 Å². The molecule has 198 valence electrons. The van der Waals surface area contributed by atoms with Crippen LogP contribution in [-0.2, 0) is 16.1 Å². The maximum absolute atomic E-state index is 13.2. The Morgan fingerprint density at radius 2 is 1.68 bits per heavy atom. The number of carbonyl (C=O) groups excluding carboxylic acids is 1. The monoisotopic (exact) mass is 531 g/mol. The van der Waals surface area contributed by atoms with Crippen molar-refractivity contribution in [1.29, 1.82) is 0 Å². The number of carboxylic acids is 1. The summed E-state index contributed by atoms with van der Waals surface area (Å²) in [6, 6.07) is 23.6. The van der Waals surface area contributed by atoms with Gasteiger partial charge in [-0.1, -0.05) is 43.3 Å². The second kappa shape index (κ2) is 12.7. The second-order valence-electron chi connectivity index (χ2n) is 9.16. The standard InChI is InChI=1S/C31H33NO5S/c1-4-16-37-26-13-12-23-17-25(11-10-24(23)18-26)31(35)32(3)20-27-14-15-29(38-27)22-8-6-21(7-9-22)28(36-5-2)19-30(33)34/h6-15,17-18,28H,4-5,16,19-20H2,1-3H3,(H,33,34)/t28-/m0/s1. The predicted molar refractivity (Wildman–Crippen MR) is 152 cm³/mol. The molecule has 6 nitrogen and oxygen atoms in total. The minimum Gasteiger partial charge on any atom is -0.494 e. The van der Waals surface area contributed by atoms with Crippen LogP contribution in [0.25, 0.3) is 21.2 Å². The Labute approximate surface area is 227 Å². The number of fused-ring (bicyclic) bond motifs is 1. The van der Waals surface area contributed by atoms with Crippen LogP contribution in [0, 0.1) is 0 Å². The van der Waals surface area contributed by atoms with E-state index in [1.54, 1.807) is 16.2 Å². The number of carbonyl (C=O) groups is 2. The molecule has 0 saturated carbocycles. The highest BCUT2D eigenvalue weighted by molar-refractivity contribution is 7.15. The fourth-order valence-electron chi connectivity index (χ4n) is 4.31. The number of rotatable bonds is 12. The van der Waals surface area contributed by atoms with Gasteiger partial charge in [0.25, 0.3) is 5.91 Å². The topological polar surface area (TPSA) is 76.1 Å². The molecule has 0 bridgehead atoms. The lowest BCUT2D eigenvalue weighted by Crippen LogP contribution is -2.25. The Bertz CT molecular complexity index is 1400. The van der Waals surface area contributed by atoms with Gasteiger partial charge in [0.1, 0.15) is 5.75 Å². The molecule has 0 spiro atoms. The number of amides is 1. The van der Waals surface area contributed by atoms with E-state index in [4.69, 9.17) is 14.6 Å². The lowest BCUT2D eigenvalue weighted by atomic mass is 10.0. The fraction of sp³-hybridized carbons (Fsp3) is 0.290. The van der Waals surface area contributed by atoms with Crippen molar-refractivity contribution in [3.8, 4) is 16.2 Å². The second-order valence-corrected chi connectivity index (χ2v) is 10.3. The van der Waals surface area contributed by atoms with Crippen LogP contribution in [0.15, 0.2) is 72.8 Å². The van der Waals surface area contributed by atoms with Crippen LogP contribution >= 0.6 is 11.3 Å². The lowest BCUT2D eigenvalue weighted by molar-refractivity contribution is -0.140. The molecule has 3 aromatic carbocycles. The number of aliphatic carboxylic acids is 1. The molecule has 0 aliphatic rings. The maximum atomic E-state index is 13.2. The summed E-state index contributed by atoms with van der Waals surface area (Å²) in [5.74, 6) is -0.0742. The zero-order valence-electron chi connectivity index (χ0n) is 22.0. The van der Waals surface area contributed by atoms with Crippen LogP contribution in [0.5, 0.6) is 5.75 Å². The van der Waals surface area contributed by atoms with Crippen molar-refractivity contribution in [3.05, 3.63) is 88.8 Å². The van der Waals surface area contributed by atoms with E-state index in [-0.39, 0.29) is 12.3 Å². The van der Waals surface area contributed by atoms with Gasteiger partial charge in [0.2, 0.25) is 0 Å². The van der Waals surface area contributed by atoms with E-state index >= 15 is 0 Å². The lowest BCUT2D eigenvalue weighted by Gasteiger charge is -2.17. The van der Waals surface area contributed by atoms with Gasteiger partial charge < -0.3 is 19.5 Å². The Hall–Kier alpha value is -3.68. The van der Waals surface area contributed by atoms with E-state index in [9.17, 15) is 9.59 Å². The number of hydrogen-bond acceptors (Lipinski definition) is 5. The molecule has 0 aliphatic heterocycles. The van der Waals surface area contributed by atoms with Crippen LogP contribution in [0.1, 0.15) is 53.6 Å². The molecule has 4 aromatic rings. The van der Waals surface area contributed by atoms with Gasteiger partial charge in [-0.15, -0.1) is 11.3 Å². The molecule has 38 heavy (non-hydrogen) atoms. The smallest absolute Gasteiger partial charge is 0.306 e. The van der Waals surface area contributed by atoms with Crippen LogP contribution in [0.2, 0.25) is 0 Å². The van der Waals surface area contributed by atoms with Gasteiger partial charge in [0.05, 0.1) is 25.7 Å². The van der Waals surface area contributed by atoms with Crippen molar-refractivity contribution in [3.63, 3.8) is 0 Å². The average molecular weight is 532 g/mol. The quantitative estimate of drug-likeness (QED) is 0.210. The number of hydrogen-bond donors (Lipinski definition) is 1. The molecule has 4 rings (SSSR count). The largest absolute Gasteiger partial charge is 0.494 e. The highest BCUT2D eigenvalue weighted by Crippen LogP contribution is 2.31. The fourth-order valence-corrected chi connectivity index (χ4v) is 5.37. The summed E-state index contributed by atoms with van der Waals surface area (Å²) in [7, 11) is 1.82. The normalized spacial score (nSPS) is 11.9. The Morgan fingerprint density at radius 1 is 0.947 bits per heavy atom. The zero-order chi connectivity index (χ0) is 27.1. The van der Waals surface area contributed by atoms with E-state index in [0.29, 0.717) is 25.3 Å². The van der Waals surface area contributed by atoms with Gasteiger partial charge in [-0.2, -0.15) is 0 Å². The van der Waals surface area contributed by atoms with Crippen LogP contribution < -0.4 is 4.74 Å². The number of benzene rings is 3. The molecule has 7 heteroatoms. The van der Waals surface area contributed by atoms with Gasteiger partial charge in [0, 0.05) is 29.0 Å². The molecule has 1 aromatic heterocycles. The van der Waals surface area contributed by atoms with E-state index in [1.165, 1.54) is 0 Å². The predicted octanol–water partition coefficient (Wildman–Crippen LogP) is 7.18. The van der Waals surface area contributed by atoms with Gasteiger partial charge >= 0.3 is 5.97 Å². The summed E-state index contributed by atoms with van der Waals surface area (Å²) in [6.07, 6.45) is 0.429. The van der Waals surface area contributed by atoms with Crippen molar-refractivity contribution in [2.24, 2.45) is 0 Å². The molecular formula is C31H33NO5S. The van der Waals surface area contributed by atoms with Crippen molar-refractivity contribution in [1.82, 2.24) is 4.90 Å². The Balaban J connectivity index is 1.42. The van der Waals surface area contributed by atoms with Crippen molar-refractivity contribution < 1.29 is 24.2 Å².